The van der Waals surface area contributed by atoms with Crippen LogP contribution in [0, 0.1) is 5.82 Å². The van der Waals surface area contributed by atoms with Gasteiger partial charge in [0.2, 0.25) is 0 Å². The highest BCUT2D eigenvalue weighted by molar-refractivity contribution is 5.68. The van der Waals surface area contributed by atoms with Gasteiger partial charge in [-0.05, 0) is 18.9 Å². The topological polar surface area (TPSA) is 53.0 Å². The van der Waals surface area contributed by atoms with Crippen LogP contribution in [-0.2, 0) is 0 Å². The molecule has 1 N–H and O–H groups in total. The van der Waals surface area contributed by atoms with Crippen LogP contribution in [0.5, 0.6) is 5.75 Å². The standard InChI is InChI=1S/C18H21FN2O3/c1-3-7-24-17-9-14(8-16(19)15(17)4-2)20-10-12-5-6-13(11-20)21(12)18(22)23/h3-4,8-9,12-13H,1-2,5-7,10-11H2,(H,22,23). The number of anilines is 1. The number of benzene rings is 1. The summed E-state index contributed by atoms with van der Waals surface area (Å²) in [6, 6.07) is 3.18. The van der Waals surface area contributed by atoms with Crippen molar-refractivity contribution in [3.05, 3.63) is 42.7 Å². The first-order chi connectivity index (χ1) is 11.5. The van der Waals surface area contributed by atoms with Crippen molar-refractivity contribution < 1.29 is 19.0 Å². The third-order valence-electron chi connectivity index (χ3n) is 4.71. The van der Waals surface area contributed by atoms with Crippen molar-refractivity contribution in [2.45, 2.75) is 24.9 Å². The highest BCUT2D eigenvalue weighted by Gasteiger charge is 2.42. The van der Waals surface area contributed by atoms with Crippen molar-refractivity contribution in [1.82, 2.24) is 4.90 Å². The summed E-state index contributed by atoms with van der Waals surface area (Å²) in [7, 11) is 0. The van der Waals surface area contributed by atoms with Gasteiger partial charge < -0.3 is 14.7 Å². The zero-order chi connectivity index (χ0) is 17.3. The second-order valence-corrected chi connectivity index (χ2v) is 6.12. The molecule has 2 aliphatic rings. The number of fused-ring (bicyclic) bond motifs is 2. The lowest BCUT2D eigenvalue weighted by Gasteiger charge is -2.40. The molecule has 0 aromatic heterocycles. The average molecular weight is 332 g/mol. The highest BCUT2D eigenvalue weighted by atomic mass is 19.1. The fourth-order valence-electron chi connectivity index (χ4n) is 3.65. The Hall–Kier alpha value is -2.50. The number of carboxylic acid groups (broad SMARTS) is 1. The van der Waals surface area contributed by atoms with E-state index in [0.29, 0.717) is 30.1 Å². The predicted octanol–water partition coefficient (Wildman–Crippen LogP) is 3.36. The van der Waals surface area contributed by atoms with Gasteiger partial charge in [0, 0.05) is 24.8 Å². The Morgan fingerprint density at radius 3 is 2.54 bits per heavy atom. The van der Waals surface area contributed by atoms with Gasteiger partial charge >= 0.3 is 6.09 Å². The molecule has 2 unspecified atom stereocenters. The summed E-state index contributed by atoms with van der Waals surface area (Å²) in [6.07, 6.45) is 3.86. The molecule has 5 nitrogen and oxygen atoms in total. The van der Waals surface area contributed by atoms with Crippen LogP contribution >= 0.6 is 0 Å². The number of piperazine rings is 1. The summed E-state index contributed by atoms with van der Waals surface area (Å²) in [4.78, 5) is 15.0. The minimum atomic E-state index is -0.870. The summed E-state index contributed by atoms with van der Waals surface area (Å²) in [5.41, 5.74) is 1.03. The second-order valence-electron chi connectivity index (χ2n) is 6.12. The van der Waals surface area contributed by atoms with Gasteiger partial charge in [-0.25, -0.2) is 9.18 Å². The molecule has 0 spiro atoms. The van der Waals surface area contributed by atoms with Crippen LogP contribution in [0.25, 0.3) is 6.08 Å². The number of hydrogen-bond acceptors (Lipinski definition) is 3. The molecule has 1 aromatic rings. The summed E-state index contributed by atoms with van der Waals surface area (Å²) < 4.78 is 20.0. The van der Waals surface area contributed by atoms with Crippen LogP contribution in [0.4, 0.5) is 14.9 Å². The Bertz CT molecular complexity index is 662. The number of rotatable bonds is 5. The van der Waals surface area contributed by atoms with Crippen LogP contribution in [0.1, 0.15) is 18.4 Å². The van der Waals surface area contributed by atoms with E-state index in [-0.39, 0.29) is 18.7 Å². The minimum absolute atomic E-state index is 0.0408. The van der Waals surface area contributed by atoms with Gasteiger partial charge in [-0.2, -0.15) is 0 Å². The van der Waals surface area contributed by atoms with Crippen LogP contribution in [-0.4, -0.2) is 47.9 Å². The van der Waals surface area contributed by atoms with Crippen LogP contribution in [0.2, 0.25) is 0 Å². The lowest BCUT2D eigenvalue weighted by atomic mass is 10.1. The maximum absolute atomic E-state index is 14.4. The lowest BCUT2D eigenvalue weighted by molar-refractivity contribution is 0.115. The average Bonchev–Trinajstić information content (AvgIpc) is 2.83. The summed E-state index contributed by atoms with van der Waals surface area (Å²) in [5, 5.41) is 9.34. The van der Waals surface area contributed by atoms with Crippen molar-refractivity contribution in [1.29, 1.82) is 0 Å². The van der Waals surface area contributed by atoms with E-state index in [1.807, 2.05) is 4.90 Å². The molecule has 128 valence electrons. The summed E-state index contributed by atoms with van der Waals surface area (Å²) >= 11 is 0. The molecule has 6 heteroatoms. The predicted molar refractivity (Wildman–Crippen MR) is 91.1 cm³/mol. The molecule has 24 heavy (non-hydrogen) atoms. The fraction of sp³-hybridized carbons (Fsp3) is 0.389. The molecule has 2 aliphatic heterocycles. The highest BCUT2D eigenvalue weighted by Crippen LogP contribution is 2.35. The van der Waals surface area contributed by atoms with E-state index in [2.05, 4.69) is 13.2 Å². The summed E-state index contributed by atoms with van der Waals surface area (Å²) in [6.45, 7) is 8.65. The third-order valence-corrected chi connectivity index (χ3v) is 4.71. The first-order valence-corrected chi connectivity index (χ1v) is 8.01. The smallest absolute Gasteiger partial charge is 0.407 e. The Labute approximate surface area is 140 Å². The zero-order valence-corrected chi connectivity index (χ0v) is 13.4. The summed E-state index contributed by atoms with van der Waals surface area (Å²) in [5.74, 6) is 0.0301. The number of nitrogens with zero attached hydrogens (tertiary/aromatic N) is 2. The molecular formula is C18H21FN2O3. The molecule has 1 amide bonds. The Morgan fingerprint density at radius 1 is 1.33 bits per heavy atom. The van der Waals surface area contributed by atoms with E-state index < -0.39 is 11.9 Å². The van der Waals surface area contributed by atoms with Crippen molar-refractivity contribution in [3.8, 4) is 5.75 Å². The van der Waals surface area contributed by atoms with E-state index in [0.717, 1.165) is 12.8 Å². The molecule has 2 bridgehead atoms. The first-order valence-electron chi connectivity index (χ1n) is 8.01. The fourth-order valence-corrected chi connectivity index (χ4v) is 3.65. The number of amides is 1. The van der Waals surface area contributed by atoms with Crippen LogP contribution in [0.3, 0.4) is 0 Å². The van der Waals surface area contributed by atoms with E-state index >= 15 is 0 Å². The van der Waals surface area contributed by atoms with Crippen molar-refractivity contribution in [2.75, 3.05) is 24.6 Å². The molecule has 2 atom stereocenters. The largest absolute Gasteiger partial charge is 0.489 e. The first kappa shape index (κ1) is 16.4. The van der Waals surface area contributed by atoms with Crippen LogP contribution < -0.4 is 9.64 Å². The van der Waals surface area contributed by atoms with Crippen molar-refractivity contribution in [2.24, 2.45) is 0 Å². The van der Waals surface area contributed by atoms with Gasteiger partial charge in [-0.3, -0.25) is 4.90 Å². The van der Waals surface area contributed by atoms with Crippen molar-refractivity contribution in [3.63, 3.8) is 0 Å². The number of ether oxygens (including phenoxy) is 1. The Morgan fingerprint density at radius 2 is 2.00 bits per heavy atom. The molecule has 2 heterocycles. The van der Waals surface area contributed by atoms with E-state index in [4.69, 9.17) is 4.74 Å². The zero-order valence-electron chi connectivity index (χ0n) is 13.4. The molecule has 2 saturated heterocycles. The maximum atomic E-state index is 14.4. The third kappa shape index (κ3) is 2.84. The quantitative estimate of drug-likeness (QED) is 0.840. The Kier molecular flexibility index (Phi) is 4.46. The minimum Gasteiger partial charge on any atom is -0.489 e. The molecular weight excluding hydrogens is 311 g/mol. The second kappa shape index (κ2) is 6.55. The van der Waals surface area contributed by atoms with Gasteiger partial charge in [0.15, 0.2) is 0 Å². The molecule has 0 saturated carbocycles. The lowest BCUT2D eigenvalue weighted by Crippen LogP contribution is -2.55. The molecule has 0 radical (unpaired) electrons. The number of hydrogen-bond donors (Lipinski definition) is 1. The van der Waals surface area contributed by atoms with Crippen LogP contribution in [0.15, 0.2) is 31.4 Å². The van der Waals surface area contributed by atoms with E-state index in [1.165, 1.54) is 12.1 Å². The molecule has 2 fully saturated rings. The number of carbonyl (C=O) groups is 1. The molecule has 1 aromatic carbocycles. The van der Waals surface area contributed by atoms with E-state index in [1.54, 1.807) is 17.0 Å². The van der Waals surface area contributed by atoms with Gasteiger partial charge in [0.25, 0.3) is 0 Å². The van der Waals surface area contributed by atoms with Gasteiger partial charge in [-0.1, -0.05) is 25.3 Å². The van der Waals surface area contributed by atoms with E-state index in [9.17, 15) is 14.3 Å². The SMILES string of the molecule is C=CCOc1cc(N2CC3CCC(C2)N3C(=O)O)cc(F)c1C=C. The molecule has 3 rings (SSSR count). The van der Waals surface area contributed by atoms with Gasteiger partial charge in [0.05, 0.1) is 17.6 Å². The molecule has 0 aliphatic carbocycles. The maximum Gasteiger partial charge on any atom is 0.407 e. The van der Waals surface area contributed by atoms with Gasteiger partial charge in [-0.15, -0.1) is 0 Å². The Balaban J connectivity index is 1.88. The number of halogens is 1. The normalized spacial score (nSPS) is 22.4. The van der Waals surface area contributed by atoms with Crippen molar-refractivity contribution >= 4 is 17.9 Å². The monoisotopic (exact) mass is 332 g/mol. The van der Waals surface area contributed by atoms with Gasteiger partial charge in [0.1, 0.15) is 18.2 Å².